The molecule has 0 unspecified atom stereocenters. The highest BCUT2D eigenvalue weighted by Gasteiger charge is 2.22. The number of nitro groups is 2. The second kappa shape index (κ2) is 9.24. The van der Waals surface area contributed by atoms with Crippen molar-refractivity contribution >= 4 is 53.6 Å². The Morgan fingerprint density at radius 1 is 0.556 bits per heavy atom. The molecule has 184 valence electrons. The molecular formula is C22H16N4O8S2. The summed E-state index contributed by atoms with van der Waals surface area (Å²) in [6, 6.07) is 18.1. The number of hydrogen-bond acceptors (Lipinski definition) is 8. The highest BCUT2D eigenvalue weighted by Crippen LogP contribution is 2.33. The summed E-state index contributed by atoms with van der Waals surface area (Å²) in [5.41, 5.74) is -0.576. The van der Waals surface area contributed by atoms with Crippen LogP contribution in [-0.4, -0.2) is 26.7 Å². The van der Waals surface area contributed by atoms with E-state index in [2.05, 4.69) is 9.44 Å². The van der Waals surface area contributed by atoms with Gasteiger partial charge in [0, 0.05) is 35.0 Å². The quantitative estimate of drug-likeness (QED) is 0.251. The lowest BCUT2D eigenvalue weighted by Gasteiger charge is -2.15. The average molecular weight is 529 g/mol. The van der Waals surface area contributed by atoms with Gasteiger partial charge in [-0.25, -0.2) is 16.8 Å². The zero-order valence-electron chi connectivity index (χ0n) is 18.1. The Kier molecular flexibility index (Phi) is 6.30. The van der Waals surface area contributed by atoms with E-state index in [4.69, 9.17) is 0 Å². The molecule has 0 amide bonds. The van der Waals surface area contributed by atoms with Crippen LogP contribution in [0.4, 0.5) is 22.7 Å². The van der Waals surface area contributed by atoms with E-state index in [0.717, 1.165) is 24.3 Å². The normalized spacial score (nSPS) is 11.7. The molecule has 36 heavy (non-hydrogen) atoms. The molecule has 0 heterocycles. The Hall–Kier alpha value is -4.56. The molecule has 0 saturated heterocycles. The number of sulfonamides is 2. The number of non-ortho nitro benzene ring substituents is 2. The Morgan fingerprint density at radius 2 is 0.944 bits per heavy atom. The maximum Gasteiger partial charge on any atom is 0.270 e. The van der Waals surface area contributed by atoms with Crippen LogP contribution < -0.4 is 9.44 Å². The molecule has 14 heteroatoms. The van der Waals surface area contributed by atoms with Gasteiger partial charge >= 0.3 is 0 Å². The van der Waals surface area contributed by atoms with Crippen LogP contribution in [0.3, 0.4) is 0 Å². The summed E-state index contributed by atoms with van der Waals surface area (Å²) in [6.07, 6.45) is 0. The lowest BCUT2D eigenvalue weighted by molar-refractivity contribution is -0.385. The molecule has 12 nitrogen and oxygen atoms in total. The van der Waals surface area contributed by atoms with Gasteiger partial charge in [0.2, 0.25) is 0 Å². The van der Waals surface area contributed by atoms with Crippen molar-refractivity contribution in [3.05, 3.63) is 105 Å². The molecule has 4 aromatic carbocycles. The predicted octanol–water partition coefficient (Wildman–Crippen LogP) is 4.26. The van der Waals surface area contributed by atoms with E-state index >= 15 is 0 Å². The van der Waals surface area contributed by atoms with Crippen molar-refractivity contribution in [3.63, 3.8) is 0 Å². The summed E-state index contributed by atoms with van der Waals surface area (Å²) in [5.74, 6) is 0. The van der Waals surface area contributed by atoms with E-state index in [0.29, 0.717) is 10.8 Å². The molecule has 4 rings (SSSR count). The van der Waals surface area contributed by atoms with E-state index in [1.165, 1.54) is 36.4 Å². The second-order valence-corrected chi connectivity index (χ2v) is 10.8. The van der Waals surface area contributed by atoms with Crippen molar-refractivity contribution in [2.24, 2.45) is 0 Å². The van der Waals surface area contributed by atoms with E-state index in [-0.39, 0.29) is 21.2 Å². The maximum atomic E-state index is 12.9. The fraction of sp³-hybridized carbons (Fsp3) is 0. The number of hydrogen-bond donors (Lipinski definition) is 2. The van der Waals surface area contributed by atoms with Gasteiger partial charge in [0.15, 0.2) is 0 Å². The molecule has 0 bridgehead atoms. The van der Waals surface area contributed by atoms with Crippen molar-refractivity contribution in [2.75, 3.05) is 9.44 Å². The average Bonchev–Trinajstić information content (AvgIpc) is 2.85. The Balaban J connectivity index is 1.72. The lowest BCUT2D eigenvalue weighted by atomic mass is 10.1. The number of benzene rings is 4. The highest BCUT2D eigenvalue weighted by atomic mass is 32.2. The molecule has 0 aliphatic heterocycles. The molecule has 0 atom stereocenters. The van der Waals surface area contributed by atoms with Gasteiger partial charge in [0.1, 0.15) is 0 Å². The number of anilines is 2. The first-order valence-electron chi connectivity index (χ1n) is 10.0. The third-order valence-electron chi connectivity index (χ3n) is 5.09. The number of nitrogens with one attached hydrogen (secondary N) is 2. The third kappa shape index (κ3) is 4.94. The summed E-state index contributed by atoms with van der Waals surface area (Å²) < 4.78 is 56.4. The monoisotopic (exact) mass is 528 g/mol. The molecule has 0 saturated carbocycles. The molecule has 0 spiro atoms. The summed E-state index contributed by atoms with van der Waals surface area (Å²) in [6.45, 7) is 0. The van der Waals surface area contributed by atoms with Crippen LogP contribution in [-0.2, 0) is 20.0 Å². The van der Waals surface area contributed by atoms with Gasteiger partial charge in [-0.3, -0.25) is 29.7 Å². The molecule has 0 aliphatic carbocycles. The molecule has 4 aromatic rings. The molecule has 0 radical (unpaired) electrons. The van der Waals surface area contributed by atoms with Gasteiger partial charge in [-0.05, 0) is 24.3 Å². The van der Waals surface area contributed by atoms with Crippen LogP contribution in [0.5, 0.6) is 0 Å². The van der Waals surface area contributed by atoms with Gasteiger partial charge in [-0.1, -0.05) is 36.4 Å². The minimum Gasteiger partial charge on any atom is -0.279 e. The largest absolute Gasteiger partial charge is 0.279 e. The molecule has 2 N–H and O–H groups in total. The van der Waals surface area contributed by atoms with E-state index in [1.807, 2.05) is 0 Å². The highest BCUT2D eigenvalue weighted by molar-refractivity contribution is 7.93. The van der Waals surface area contributed by atoms with E-state index < -0.39 is 41.3 Å². The number of nitro benzene ring substituents is 2. The van der Waals surface area contributed by atoms with Gasteiger partial charge in [-0.2, -0.15) is 0 Å². The number of fused-ring (bicyclic) bond motifs is 1. The Bertz CT molecular complexity index is 1610. The van der Waals surface area contributed by atoms with Gasteiger partial charge < -0.3 is 0 Å². The smallest absolute Gasteiger partial charge is 0.270 e. The minimum atomic E-state index is -4.22. The summed E-state index contributed by atoms with van der Waals surface area (Å²) in [7, 11) is -8.44. The van der Waals surface area contributed by atoms with Crippen LogP contribution in [0.25, 0.3) is 10.8 Å². The molecular weight excluding hydrogens is 512 g/mol. The van der Waals surface area contributed by atoms with Gasteiger partial charge in [0.05, 0.1) is 31.0 Å². The number of rotatable bonds is 8. The van der Waals surface area contributed by atoms with Crippen LogP contribution >= 0.6 is 0 Å². The maximum absolute atomic E-state index is 12.9. The third-order valence-corrected chi connectivity index (χ3v) is 7.82. The van der Waals surface area contributed by atoms with Crippen molar-refractivity contribution in [1.29, 1.82) is 0 Å². The molecule has 0 fully saturated rings. The van der Waals surface area contributed by atoms with Crippen LogP contribution in [0.2, 0.25) is 0 Å². The summed E-state index contributed by atoms with van der Waals surface area (Å²) >= 11 is 0. The fourth-order valence-corrected chi connectivity index (χ4v) is 5.65. The van der Waals surface area contributed by atoms with Crippen LogP contribution in [0.1, 0.15) is 0 Å². The topological polar surface area (TPSA) is 179 Å². The second-order valence-electron chi connectivity index (χ2n) is 7.43. The van der Waals surface area contributed by atoms with Crippen molar-refractivity contribution in [2.45, 2.75) is 9.79 Å². The molecule has 0 aromatic heterocycles. The molecule has 0 aliphatic rings. The van der Waals surface area contributed by atoms with Gasteiger partial charge in [-0.15, -0.1) is 0 Å². The van der Waals surface area contributed by atoms with E-state index in [9.17, 15) is 37.1 Å². The van der Waals surface area contributed by atoms with Gasteiger partial charge in [0.25, 0.3) is 31.4 Å². The van der Waals surface area contributed by atoms with Crippen molar-refractivity contribution in [3.8, 4) is 0 Å². The number of nitrogens with zero attached hydrogens (tertiary/aromatic N) is 2. The van der Waals surface area contributed by atoms with Crippen LogP contribution in [0.15, 0.2) is 94.7 Å². The summed E-state index contributed by atoms with van der Waals surface area (Å²) in [5, 5.41) is 22.7. The van der Waals surface area contributed by atoms with E-state index in [1.54, 1.807) is 24.3 Å². The zero-order valence-corrected chi connectivity index (χ0v) is 19.7. The lowest BCUT2D eigenvalue weighted by Crippen LogP contribution is -2.15. The van der Waals surface area contributed by atoms with Crippen LogP contribution in [0, 0.1) is 20.2 Å². The first-order valence-corrected chi connectivity index (χ1v) is 13.0. The first-order chi connectivity index (χ1) is 17.0. The summed E-state index contributed by atoms with van der Waals surface area (Å²) in [4.78, 5) is 20.0. The Labute approximate surface area is 204 Å². The van der Waals surface area contributed by atoms with Crippen molar-refractivity contribution in [1.82, 2.24) is 0 Å². The minimum absolute atomic E-state index is 0.107. The Morgan fingerprint density at radius 3 is 1.31 bits per heavy atom. The van der Waals surface area contributed by atoms with Crippen molar-refractivity contribution < 1.29 is 26.7 Å². The standard InChI is InChI=1S/C22H16N4O8S2/c27-25(28)15-5-3-7-17(13-15)35(31,32)23-21-11-12-22(20-10-2-1-9-19(20)21)24-36(33,34)18-8-4-6-16(14-18)26(29)30/h1-14,23-24H. The predicted molar refractivity (Wildman–Crippen MR) is 132 cm³/mol. The SMILES string of the molecule is O=[N+]([O-])c1cccc(S(=O)(=O)Nc2ccc(NS(=O)(=O)c3cccc([N+](=O)[O-])c3)c3ccccc23)c1. The first kappa shape index (κ1) is 24.6. The zero-order chi connectivity index (χ0) is 26.1. The fourth-order valence-electron chi connectivity index (χ4n) is 3.41.